The maximum absolute atomic E-state index is 5.62. The molecule has 3 rings (SSSR count). The van der Waals surface area contributed by atoms with Crippen molar-refractivity contribution in [2.45, 2.75) is 26.2 Å². The summed E-state index contributed by atoms with van der Waals surface area (Å²) in [5.41, 5.74) is 4.26. The van der Waals surface area contributed by atoms with Crippen molar-refractivity contribution in [1.29, 1.82) is 0 Å². The Labute approximate surface area is 150 Å². The first-order chi connectivity index (χ1) is 12.2. The molecule has 0 N–H and O–H groups in total. The van der Waals surface area contributed by atoms with Crippen LogP contribution in [0.1, 0.15) is 30.9 Å². The van der Waals surface area contributed by atoms with E-state index in [4.69, 9.17) is 9.47 Å². The standard InChI is InChI=1S/C21H26N2O2/c1-4-16-7-9-18(10-8-16)22-15-17-13-21(25-3)19(14-20(17)24-2)23-11-5-6-12-23/h7-10,13-15H,4-6,11-12H2,1-3H3. The highest BCUT2D eigenvalue weighted by Crippen LogP contribution is 2.36. The lowest BCUT2D eigenvalue weighted by atomic mass is 10.1. The minimum absolute atomic E-state index is 0.816. The molecule has 4 nitrogen and oxygen atoms in total. The quantitative estimate of drug-likeness (QED) is 0.721. The van der Waals surface area contributed by atoms with Crippen molar-refractivity contribution in [2.75, 3.05) is 32.2 Å². The number of hydrogen-bond donors (Lipinski definition) is 0. The van der Waals surface area contributed by atoms with Crippen LogP contribution >= 0.6 is 0 Å². The van der Waals surface area contributed by atoms with E-state index in [0.717, 1.165) is 47.9 Å². The molecule has 0 aliphatic carbocycles. The highest BCUT2D eigenvalue weighted by Gasteiger charge is 2.19. The predicted molar refractivity (Wildman–Crippen MR) is 104 cm³/mol. The van der Waals surface area contributed by atoms with Crippen molar-refractivity contribution in [3.63, 3.8) is 0 Å². The van der Waals surface area contributed by atoms with Gasteiger partial charge in [0.15, 0.2) is 0 Å². The summed E-state index contributed by atoms with van der Waals surface area (Å²) in [4.78, 5) is 6.94. The van der Waals surface area contributed by atoms with Crippen LogP contribution in [0.25, 0.3) is 0 Å². The van der Waals surface area contributed by atoms with Gasteiger partial charge in [-0.15, -0.1) is 0 Å². The Morgan fingerprint density at radius 2 is 1.68 bits per heavy atom. The van der Waals surface area contributed by atoms with Gasteiger partial charge in [-0.2, -0.15) is 0 Å². The van der Waals surface area contributed by atoms with Crippen LogP contribution in [0.3, 0.4) is 0 Å². The number of aliphatic imine (C=N–C) groups is 1. The molecule has 1 aliphatic rings. The van der Waals surface area contributed by atoms with E-state index in [1.165, 1.54) is 18.4 Å². The molecule has 0 aromatic heterocycles. The lowest BCUT2D eigenvalue weighted by molar-refractivity contribution is 0.402. The van der Waals surface area contributed by atoms with E-state index in [9.17, 15) is 0 Å². The summed E-state index contributed by atoms with van der Waals surface area (Å²) in [6.07, 6.45) is 5.33. The van der Waals surface area contributed by atoms with Crippen LogP contribution < -0.4 is 14.4 Å². The molecular weight excluding hydrogens is 312 g/mol. The van der Waals surface area contributed by atoms with E-state index in [1.807, 2.05) is 24.4 Å². The molecular formula is C21H26N2O2. The van der Waals surface area contributed by atoms with Crippen LogP contribution in [-0.2, 0) is 6.42 Å². The first kappa shape index (κ1) is 17.3. The van der Waals surface area contributed by atoms with Gasteiger partial charge in [0.1, 0.15) is 11.5 Å². The molecule has 1 fully saturated rings. The van der Waals surface area contributed by atoms with Gasteiger partial charge in [0, 0.05) is 30.9 Å². The van der Waals surface area contributed by atoms with Gasteiger partial charge in [-0.3, -0.25) is 4.99 Å². The van der Waals surface area contributed by atoms with Crippen LogP contribution in [0.2, 0.25) is 0 Å². The molecule has 0 unspecified atom stereocenters. The fourth-order valence-electron chi connectivity index (χ4n) is 3.17. The third-order valence-corrected chi connectivity index (χ3v) is 4.68. The molecule has 0 radical (unpaired) electrons. The lowest BCUT2D eigenvalue weighted by Crippen LogP contribution is -2.18. The zero-order chi connectivity index (χ0) is 17.6. The maximum atomic E-state index is 5.62. The number of hydrogen-bond acceptors (Lipinski definition) is 4. The van der Waals surface area contributed by atoms with Crippen molar-refractivity contribution < 1.29 is 9.47 Å². The molecule has 4 heteroatoms. The molecule has 0 bridgehead atoms. The SMILES string of the molecule is CCc1ccc(N=Cc2cc(OC)c(N3CCCC3)cc2OC)cc1. The summed E-state index contributed by atoms with van der Waals surface area (Å²) in [5.74, 6) is 1.68. The largest absolute Gasteiger partial charge is 0.496 e. The van der Waals surface area contributed by atoms with E-state index >= 15 is 0 Å². The summed E-state index contributed by atoms with van der Waals surface area (Å²) in [6.45, 7) is 4.28. The Morgan fingerprint density at radius 3 is 2.28 bits per heavy atom. The average Bonchev–Trinajstić information content (AvgIpc) is 3.20. The van der Waals surface area contributed by atoms with Gasteiger partial charge in [-0.25, -0.2) is 0 Å². The molecule has 0 amide bonds. The van der Waals surface area contributed by atoms with Crippen LogP contribution in [0, 0.1) is 0 Å². The number of benzene rings is 2. The van der Waals surface area contributed by atoms with Crippen LogP contribution in [0.15, 0.2) is 41.4 Å². The molecule has 1 saturated heterocycles. The Morgan fingerprint density at radius 1 is 1.00 bits per heavy atom. The van der Waals surface area contributed by atoms with E-state index in [2.05, 4.69) is 35.0 Å². The van der Waals surface area contributed by atoms with E-state index in [0.29, 0.717) is 0 Å². The topological polar surface area (TPSA) is 34.1 Å². The van der Waals surface area contributed by atoms with Crippen molar-refractivity contribution in [1.82, 2.24) is 0 Å². The first-order valence-corrected chi connectivity index (χ1v) is 8.89. The number of anilines is 1. The lowest BCUT2D eigenvalue weighted by Gasteiger charge is -2.22. The molecule has 0 spiro atoms. The molecule has 0 atom stereocenters. The fourth-order valence-corrected chi connectivity index (χ4v) is 3.17. The second kappa shape index (κ2) is 8.06. The molecule has 25 heavy (non-hydrogen) atoms. The molecule has 0 saturated carbocycles. The minimum Gasteiger partial charge on any atom is -0.496 e. The van der Waals surface area contributed by atoms with Gasteiger partial charge in [-0.05, 0) is 43.0 Å². The molecule has 132 valence electrons. The van der Waals surface area contributed by atoms with E-state index < -0.39 is 0 Å². The van der Waals surface area contributed by atoms with Crippen molar-refractivity contribution in [3.05, 3.63) is 47.5 Å². The molecule has 1 aliphatic heterocycles. The van der Waals surface area contributed by atoms with Crippen molar-refractivity contribution in [3.8, 4) is 11.5 Å². The monoisotopic (exact) mass is 338 g/mol. The highest BCUT2D eigenvalue weighted by molar-refractivity contribution is 5.88. The van der Waals surface area contributed by atoms with Gasteiger partial charge >= 0.3 is 0 Å². The fraction of sp³-hybridized carbons (Fsp3) is 0.381. The summed E-state index contributed by atoms with van der Waals surface area (Å²) < 4.78 is 11.2. The average molecular weight is 338 g/mol. The Hall–Kier alpha value is -2.49. The summed E-state index contributed by atoms with van der Waals surface area (Å²) in [7, 11) is 3.41. The van der Waals surface area contributed by atoms with Crippen LogP contribution in [0.4, 0.5) is 11.4 Å². The normalized spacial score (nSPS) is 14.3. The minimum atomic E-state index is 0.816. The second-order valence-electron chi connectivity index (χ2n) is 6.24. The van der Waals surface area contributed by atoms with E-state index in [-0.39, 0.29) is 0 Å². The van der Waals surface area contributed by atoms with Crippen molar-refractivity contribution in [2.24, 2.45) is 4.99 Å². The Balaban J connectivity index is 1.90. The third-order valence-electron chi connectivity index (χ3n) is 4.68. The second-order valence-corrected chi connectivity index (χ2v) is 6.24. The molecule has 2 aromatic rings. The van der Waals surface area contributed by atoms with E-state index in [1.54, 1.807) is 14.2 Å². The number of ether oxygens (including phenoxy) is 2. The zero-order valence-corrected chi connectivity index (χ0v) is 15.3. The highest BCUT2D eigenvalue weighted by atomic mass is 16.5. The maximum Gasteiger partial charge on any atom is 0.143 e. The summed E-state index contributed by atoms with van der Waals surface area (Å²) >= 11 is 0. The number of rotatable bonds is 6. The number of methoxy groups -OCH3 is 2. The van der Waals surface area contributed by atoms with Crippen LogP contribution in [0.5, 0.6) is 11.5 Å². The van der Waals surface area contributed by atoms with Gasteiger partial charge in [0.05, 0.1) is 25.6 Å². The number of nitrogens with zero attached hydrogens (tertiary/aromatic N) is 2. The Bertz CT molecular complexity index is 732. The predicted octanol–water partition coefficient (Wildman–Crippen LogP) is 4.62. The zero-order valence-electron chi connectivity index (χ0n) is 15.3. The molecule has 1 heterocycles. The molecule has 2 aromatic carbocycles. The first-order valence-electron chi connectivity index (χ1n) is 8.89. The summed E-state index contributed by atoms with van der Waals surface area (Å²) in [6, 6.07) is 12.4. The summed E-state index contributed by atoms with van der Waals surface area (Å²) in [5, 5.41) is 0. The van der Waals surface area contributed by atoms with Crippen LogP contribution in [-0.4, -0.2) is 33.5 Å². The van der Waals surface area contributed by atoms with Gasteiger partial charge in [-0.1, -0.05) is 19.1 Å². The Kier molecular flexibility index (Phi) is 5.59. The van der Waals surface area contributed by atoms with Crippen molar-refractivity contribution >= 4 is 17.6 Å². The third kappa shape index (κ3) is 3.95. The number of aryl methyl sites for hydroxylation is 1. The van der Waals surface area contributed by atoms with Gasteiger partial charge in [0.2, 0.25) is 0 Å². The smallest absolute Gasteiger partial charge is 0.143 e. The van der Waals surface area contributed by atoms with Gasteiger partial charge in [0.25, 0.3) is 0 Å². The van der Waals surface area contributed by atoms with Gasteiger partial charge < -0.3 is 14.4 Å².